The van der Waals surface area contributed by atoms with Crippen molar-refractivity contribution in [2.24, 2.45) is 0 Å². The van der Waals surface area contributed by atoms with Crippen LogP contribution >= 0.6 is 0 Å². The van der Waals surface area contributed by atoms with E-state index in [1.807, 2.05) is 52.0 Å². The van der Waals surface area contributed by atoms with Crippen molar-refractivity contribution >= 4 is 23.7 Å². The van der Waals surface area contributed by atoms with Gasteiger partial charge in [-0.2, -0.15) is 0 Å². The van der Waals surface area contributed by atoms with Crippen molar-refractivity contribution in [1.29, 1.82) is 0 Å². The van der Waals surface area contributed by atoms with Gasteiger partial charge in [-0.25, -0.2) is 9.59 Å². The average Bonchev–Trinajstić information content (AvgIpc) is 3.17. The minimum absolute atomic E-state index is 0.162. The van der Waals surface area contributed by atoms with Gasteiger partial charge in [0.1, 0.15) is 17.2 Å². The van der Waals surface area contributed by atoms with Gasteiger partial charge in [-0.1, -0.05) is 24.3 Å². The maximum atomic E-state index is 13.5. The number of hydrogen-bond donors (Lipinski definition) is 1. The largest absolute Gasteiger partial charge is 0.456 e. The Morgan fingerprint density at radius 2 is 1.49 bits per heavy atom. The molecule has 0 radical (unpaired) electrons. The molecule has 7 nitrogen and oxygen atoms in total. The van der Waals surface area contributed by atoms with Crippen LogP contribution in [0.15, 0.2) is 48.5 Å². The zero-order chi connectivity index (χ0) is 26.0. The number of rotatable bonds is 4. The second-order valence-corrected chi connectivity index (χ2v) is 10.9. The molecule has 0 aromatic heterocycles. The number of amides is 2. The first-order valence-electron chi connectivity index (χ1n) is 11.9. The highest BCUT2D eigenvalue weighted by Gasteiger charge is 2.44. The molecule has 2 aromatic carbocycles. The number of anilines is 1. The number of carbonyl (C=O) groups is 3. The van der Waals surface area contributed by atoms with E-state index in [0.717, 1.165) is 11.1 Å². The highest BCUT2D eigenvalue weighted by Crippen LogP contribution is 2.36. The second-order valence-electron chi connectivity index (χ2n) is 10.9. The summed E-state index contributed by atoms with van der Waals surface area (Å²) in [6.07, 6.45) is 0.147. The topological polar surface area (TPSA) is 84.9 Å². The molecule has 0 spiro atoms. The van der Waals surface area contributed by atoms with Crippen molar-refractivity contribution in [3.05, 3.63) is 65.2 Å². The minimum atomic E-state index is -0.725. The van der Waals surface area contributed by atoms with Crippen LogP contribution in [0.5, 0.6) is 0 Å². The van der Waals surface area contributed by atoms with Crippen LogP contribution < -0.4 is 5.32 Å². The molecule has 7 heteroatoms. The van der Waals surface area contributed by atoms with Gasteiger partial charge in [0.15, 0.2) is 0 Å². The molecule has 1 N–H and O–H groups in total. The summed E-state index contributed by atoms with van der Waals surface area (Å²) >= 11 is 0. The summed E-state index contributed by atoms with van der Waals surface area (Å²) < 4.78 is 11.0. The SMILES string of the molecule is Cc1ccccc1[C@@H]1CCN(C(=O)OC(C)(C)C)[C@@H]1C(=O)Nc1ccc(C(=O)OC(C)(C)C)cc1. The molecule has 0 unspecified atom stereocenters. The monoisotopic (exact) mass is 480 g/mol. The first-order valence-corrected chi connectivity index (χ1v) is 11.9. The van der Waals surface area contributed by atoms with Crippen LogP contribution in [-0.2, 0) is 14.3 Å². The van der Waals surface area contributed by atoms with Crippen LogP contribution in [0.4, 0.5) is 10.5 Å². The van der Waals surface area contributed by atoms with E-state index in [4.69, 9.17) is 9.47 Å². The van der Waals surface area contributed by atoms with E-state index in [2.05, 4.69) is 5.32 Å². The van der Waals surface area contributed by atoms with Gasteiger partial charge in [0.25, 0.3) is 0 Å². The summed E-state index contributed by atoms with van der Waals surface area (Å²) in [5.41, 5.74) is 1.77. The van der Waals surface area contributed by atoms with E-state index in [1.165, 1.54) is 4.90 Å². The summed E-state index contributed by atoms with van der Waals surface area (Å²) in [6, 6.07) is 13.7. The van der Waals surface area contributed by atoms with E-state index >= 15 is 0 Å². The van der Waals surface area contributed by atoms with Crippen molar-refractivity contribution in [2.75, 3.05) is 11.9 Å². The molecular formula is C28H36N2O5. The van der Waals surface area contributed by atoms with Gasteiger partial charge in [0.05, 0.1) is 5.56 Å². The van der Waals surface area contributed by atoms with Crippen molar-refractivity contribution in [3.8, 4) is 0 Å². The lowest BCUT2D eigenvalue weighted by Crippen LogP contribution is -2.47. The molecule has 3 rings (SSSR count). The van der Waals surface area contributed by atoms with E-state index in [0.29, 0.717) is 24.2 Å². The Kier molecular flexibility index (Phi) is 7.58. The molecule has 0 saturated carbocycles. The van der Waals surface area contributed by atoms with E-state index in [-0.39, 0.29) is 11.8 Å². The van der Waals surface area contributed by atoms with Gasteiger partial charge >= 0.3 is 12.1 Å². The predicted molar refractivity (Wildman–Crippen MR) is 136 cm³/mol. The molecule has 0 aliphatic carbocycles. The Balaban J connectivity index is 1.84. The molecule has 1 saturated heterocycles. The van der Waals surface area contributed by atoms with Gasteiger partial charge in [0.2, 0.25) is 5.91 Å². The number of likely N-dealkylation sites (tertiary alicyclic amines) is 1. The number of benzene rings is 2. The van der Waals surface area contributed by atoms with Crippen LogP contribution in [0.25, 0.3) is 0 Å². The third-order valence-corrected chi connectivity index (χ3v) is 5.67. The zero-order valence-electron chi connectivity index (χ0n) is 21.7. The van der Waals surface area contributed by atoms with Crippen molar-refractivity contribution in [2.45, 2.75) is 78.0 Å². The Labute approximate surface area is 207 Å². The predicted octanol–water partition coefficient (Wildman–Crippen LogP) is 5.68. The Hall–Kier alpha value is -3.35. The number of ether oxygens (including phenoxy) is 2. The fraction of sp³-hybridized carbons (Fsp3) is 0.464. The van der Waals surface area contributed by atoms with Gasteiger partial charge in [-0.3, -0.25) is 9.69 Å². The lowest BCUT2D eigenvalue weighted by atomic mass is 9.88. The quantitative estimate of drug-likeness (QED) is 0.569. The Bertz CT molecular complexity index is 1080. The second kappa shape index (κ2) is 10.1. The Morgan fingerprint density at radius 1 is 0.886 bits per heavy atom. The molecule has 0 bridgehead atoms. The number of aryl methyl sites for hydroxylation is 1. The number of esters is 1. The first kappa shape index (κ1) is 26.3. The lowest BCUT2D eigenvalue weighted by Gasteiger charge is -2.30. The van der Waals surface area contributed by atoms with Gasteiger partial charge in [-0.15, -0.1) is 0 Å². The standard InChI is InChI=1S/C28H36N2O5/c1-18-10-8-9-11-21(18)22-16-17-30(26(33)35-28(5,6)7)23(22)24(31)29-20-14-12-19(13-15-20)25(32)34-27(2,3)4/h8-15,22-23H,16-17H2,1-7H3,(H,29,31)/t22-,23-/m0/s1. The molecule has 188 valence electrons. The van der Waals surface area contributed by atoms with Crippen LogP contribution in [0, 0.1) is 6.92 Å². The number of carbonyl (C=O) groups excluding carboxylic acids is 3. The first-order chi connectivity index (χ1) is 16.2. The van der Waals surface area contributed by atoms with Gasteiger partial charge in [0, 0.05) is 18.2 Å². The van der Waals surface area contributed by atoms with Crippen molar-refractivity contribution in [3.63, 3.8) is 0 Å². The number of nitrogens with zero attached hydrogens (tertiary/aromatic N) is 1. The van der Waals surface area contributed by atoms with E-state index in [1.54, 1.807) is 45.0 Å². The number of nitrogens with one attached hydrogen (secondary N) is 1. The third-order valence-electron chi connectivity index (χ3n) is 5.67. The van der Waals surface area contributed by atoms with Crippen LogP contribution in [0.2, 0.25) is 0 Å². The molecular weight excluding hydrogens is 444 g/mol. The molecule has 35 heavy (non-hydrogen) atoms. The summed E-state index contributed by atoms with van der Waals surface area (Å²) in [5.74, 6) is -0.890. The summed E-state index contributed by atoms with van der Waals surface area (Å²) in [6.45, 7) is 13.3. The average molecular weight is 481 g/mol. The highest BCUT2D eigenvalue weighted by molar-refractivity contribution is 5.98. The molecule has 1 heterocycles. The zero-order valence-corrected chi connectivity index (χ0v) is 21.7. The van der Waals surface area contributed by atoms with Crippen LogP contribution in [0.3, 0.4) is 0 Å². The highest BCUT2D eigenvalue weighted by atomic mass is 16.6. The molecule has 1 aliphatic heterocycles. The fourth-order valence-electron chi connectivity index (χ4n) is 4.21. The van der Waals surface area contributed by atoms with Crippen molar-refractivity contribution in [1.82, 2.24) is 4.90 Å². The van der Waals surface area contributed by atoms with Gasteiger partial charge in [-0.05, 0) is 90.3 Å². The molecule has 2 aromatic rings. The summed E-state index contributed by atoms with van der Waals surface area (Å²) in [7, 11) is 0. The Morgan fingerprint density at radius 3 is 2.06 bits per heavy atom. The van der Waals surface area contributed by atoms with E-state index in [9.17, 15) is 14.4 Å². The summed E-state index contributed by atoms with van der Waals surface area (Å²) in [4.78, 5) is 40.4. The van der Waals surface area contributed by atoms with Crippen LogP contribution in [-0.4, -0.2) is 46.7 Å². The van der Waals surface area contributed by atoms with Crippen LogP contribution in [0.1, 0.15) is 75.4 Å². The normalized spacial score (nSPS) is 18.2. The summed E-state index contributed by atoms with van der Waals surface area (Å²) in [5, 5.41) is 2.92. The lowest BCUT2D eigenvalue weighted by molar-refractivity contribution is -0.120. The minimum Gasteiger partial charge on any atom is -0.456 e. The fourth-order valence-corrected chi connectivity index (χ4v) is 4.21. The smallest absolute Gasteiger partial charge is 0.410 e. The third kappa shape index (κ3) is 6.84. The van der Waals surface area contributed by atoms with E-state index < -0.39 is 29.3 Å². The van der Waals surface area contributed by atoms with Crippen molar-refractivity contribution < 1.29 is 23.9 Å². The molecule has 1 aliphatic rings. The van der Waals surface area contributed by atoms with Gasteiger partial charge < -0.3 is 14.8 Å². The number of hydrogen-bond acceptors (Lipinski definition) is 5. The maximum Gasteiger partial charge on any atom is 0.410 e. The molecule has 2 amide bonds. The maximum absolute atomic E-state index is 13.5. The molecule has 1 fully saturated rings. The molecule has 2 atom stereocenters.